The first-order valence-electron chi connectivity index (χ1n) is 5.53. The Morgan fingerprint density at radius 3 is 2.53 bits per heavy atom. The fraction of sp³-hybridized carbons (Fsp3) is 0.143. The molecule has 0 bridgehead atoms. The van der Waals surface area contributed by atoms with Gasteiger partial charge in [0.15, 0.2) is 0 Å². The summed E-state index contributed by atoms with van der Waals surface area (Å²) in [7, 11) is 1.65. The van der Waals surface area contributed by atoms with E-state index in [9.17, 15) is 0 Å². The zero-order chi connectivity index (χ0) is 11.7. The molecular formula is C14H13NO2. The average molecular weight is 227 g/mol. The van der Waals surface area contributed by atoms with Crippen LogP contribution in [0.25, 0.3) is 0 Å². The van der Waals surface area contributed by atoms with Crippen molar-refractivity contribution in [1.29, 1.82) is 0 Å². The molecule has 86 valence electrons. The summed E-state index contributed by atoms with van der Waals surface area (Å²) in [6, 6.07) is 15.8. The molecule has 3 rings (SSSR count). The minimum atomic E-state index is -0.373. The summed E-state index contributed by atoms with van der Waals surface area (Å²) in [6.45, 7) is 0. The van der Waals surface area contributed by atoms with Crippen LogP contribution in [0.15, 0.2) is 48.5 Å². The van der Waals surface area contributed by atoms with E-state index in [4.69, 9.17) is 9.47 Å². The van der Waals surface area contributed by atoms with Crippen LogP contribution in [-0.2, 0) is 4.74 Å². The van der Waals surface area contributed by atoms with Crippen molar-refractivity contribution < 1.29 is 9.47 Å². The summed E-state index contributed by atoms with van der Waals surface area (Å²) in [5, 5.41) is 3.36. The van der Waals surface area contributed by atoms with Crippen molar-refractivity contribution in [3.8, 4) is 5.75 Å². The van der Waals surface area contributed by atoms with Crippen LogP contribution in [0.1, 0.15) is 11.9 Å². The first kappa shape index (κ1) is 10.2. The van der Waals surface area contributed by atoms with Crippen LogP contribution in [0, 0.1) is 0 Å². The van der Waals surface area contributed by atoms with Gasteiger partial charge >= 0.3 is 0 Å². The van der Waals surface area contributed by atoms with Gasteiger partial charge in [0.25, 0.3) is 0 Å². The number of nitrogens with one attached hydrogen (secondary N) is 1. The van der Waals surface area contributed by atoms with E-state index in [0.717, 1.165) is 22.7 Å². The molecule has 17 heavy (non-hydrogen) atoms. The average Bonchev–Trinajstić information content (AvgIpc) is 2.54. The highest BCUT2D eigenvalue weighted by atomic mass is 16.7. The number of para-hydroxylation sites is 3. The monoisotopic (exact) mass is 227 g/mol. The van der Waals surface area contributed by atoms with Crippen LogP contribution < -0.4 is 10.1 Å². The molecule has 3 heteroatoms. The maximum absolute atomic E-state index is 5.85. The van der Waals surface area contributed by atoms with Crippen LogP contribution in [-0.4, -0.2) is 7.11 Å². The van der Waals surface area contributed by atoms with Crippen LogP contribution in [0.3, 0.4) is 0 Å². The van der Waals surface area contributed by atoms with E-state index >= 15 is 0 Å². The lowest BCUT2D eigenvalue weighted by molar-refractivity contribution is -0.0544. The lowest BCUT2D eigenvalue weighted by Gasteiger charge is -2.16. The molecule has 0 amide bonds. The smallest absolute Gasteiger partial charge is 0.228 e. The van der Waals surface area contributed by atoms with Gasteiger partial charge in [-0.1, -0.05) is 30.3 Å². The van der Waals surface area contributed by atoms with Crippen molar-refractivity contribution in [2.75, 3.05) is 12.4 Å². The molecule has 0 saturated carbocycles. The van der Waals surface area contributed by atoms with Crippen molar-refractivity contribution in [2.45, 2.75) is 6.29 Å². The van der Waals surface area contributed by atoms with Crippen LogP contribution in [0.5, 0.6) is 5.75 Å². The molecule has 0 aromatic heterocycles. The summed E-state index contributed by atoms with van der Waals surface area (Å²) in [5.41, 5.74) is 2.98. The van der Waals surface area contributed by atoms with E-state index in [1.807, 2.05) is 48.5 Å². The highest BCUT2D eigenvalue weighted by Gasteiger charge is 2.21. The summed E-state index contributed by atoms with van der Waals surface area (Å²) < 4.78 is 11.2. The molecule has 0 aliphatic carbocycles. The number of hydrogen-bond acceptors (Lipinski definition) is 3. The second kappa shape index (κ2) is 4.11. The normalized spacial score (nSPS) is 17.1. The number of fused-ring (bicyclic) bond motifs is 2. The lowest BCUT2D eigenvalue weighted by atomic mass is 10.1. The molecular weight excluding hydrogens is 214 g/mol. The second-order valence-corrected chi connectivity index (χ2v) is 3.89. The van der Waals surface area contributed by atoms with Crippen molar-refractivity contribution in [3.05, 3.63) is 54.1 Å². The zero-order valence-corrected chi connectivity index (χ0v) is 9.51. The minimum Gasteiger partial charge on any atom is -0.458 e. The number of methoxy groups -OCH3 is 1. The SMILES string of the molecule is COC1Oc2ccccc2Nc2ccccc21. The van der Waals surface area contributed by atoms with E-state index in [-0.39, 0.29) is 6.29 Å². The number of anilines is 2. The lowest BCUT2D eigenvalue weighted by Crippen LogP contribution is -2.08. The molecule has 0 spiro atoms. The summed E-state index contributed by atoms with van der Waals surface area (Å²) >= 11 is 0. The minimum absolute atomic E-state index is 0.373. The van der Waals surface area contributed by atoms with Gasteiger partial charge in [-0.15, -0.1) is 0 Å². The molecule has 1 unspecified atom stereocenters. The molecule has 1 heterocycles. The van der Waals surface area contributed by atoms with E-state index in [0.29, 0.717) is 0 Å². The highest BCUT2D eigenvalue weighted by molar-refractivity contribution is 5.70. The Kier molecular flexibility index (Phi) is 2.46. The number of hydrogen-bond donors (Lipinski definition) is 1. The third-order valence-corrected chi connectivity index (χ3v) is 2.82. The van der Waals surface area contributed by atoms with Crippen molar-refractivity contribution in [1.82, 2.24) is 0 Å². The highest BCUT2D eigenvalue weighted by Crippen LogP contribution is 2.38. The largest absolute Gasteiger partial charge is 0.458 e. The number of rotatable bonds is 1. The fourth-order valence-electron chi connectivity index (χ4n) is 1.99. The third kappa shape index (κ3) is 1.74. The van der Waals surface area contributed by atoms with Gasteiger partial charge in [-0.2, -0.15) is 0 Å². The molecule has 1 N–H and O–H groups in total. The molecule has 1 aliphatic rings. The molecule has 1 atom stereocenters. The maximum Gasteiger partial charge on any atom is 0.228 e. The van der Waals surface area contributed by atoms with Gasteiger partial charge in [0, 0.05) is 18.4 Å². The standard InChI is InChI=1S/C14H13NO2/c1-16-14-10-6-2-3-7-11(10)15-12-8-4-5-9-13(12)17-14/h2-9,14-15H,1H3. The quantitative estimate of drug-likeness (QED) is 0.809. The molecule has 0 radical (unpaired) electrons. The molecule has 2 aromatic carbocycles. The molecule has 0 fully saturated rings. The molecule has 3 nitrogen and oxygen atoms in total. The van der Waals surface area contributed by atoms with Crippen molar-refractivity contribution in [2.24, 2.45) is 0 Å². The van der Waals surface area contributed by atoms with Crippen LogP contribution >= 0.6 is 0 Å². The Labute approximate surface area is 100.0 Å². The fourth-order valence-corrected chi connectivity index (χ4v) is 1.99. The van der Waals surface area contributed by atoms with Gasteiger partial charge in [0.05, 0.1) is 5.69 Å². The van der Waals surface area contributed by atoms with Gasteiger partial charge in [0.1, 0.15) is 5.75 Å². The van der Waals surface area contributed by atoms with Crippen molar-refractivity contribution >= 4 is 11.4 Å². The summed E-state index contributed by atoms with van der Waals surface area (Å²) in [6.07, 6.45) is -0.373. The number of benzene rings is 2. The summed E-state index contributed by atoms with van der Waals surface area (Å²) in [4.78, 5) is 0. The third-order valence-electron chi connectivity index (χ3n) is 2.82. The van der Waals surface area contributed by atoms with Crippen LogP contribution in [0.2, 0.25) is 0 Å². The van der Waals surface area contributed by atoms with Crippen LogP contribution in [0.4, 0.5) is 11.4 Å². The Morgan fingerprint density at radius 2 is 1.71 bits per heavy atom. The predicted molar refractivity (Wildman–Crippen MR) is 66.5 cm³/mol. The van der Waals surface area contributed by atoms with Gasteiger partial charge in [0.2, 0.25) is 6.29 Å². The topological polar surface area (TPSA) is 30.5 Å². The maximum atomic E-state index is 5.85. The number of ether oxygens (including phenoxy) is 2. The molecule has 2 aromatic rings. The van der Waals surface area contributed by atoms with Crippen molar-refractivity contribution in [3.63, 3.8) is 0 Å². The van der Waals surface area contributed by atoms with E-state index in [1.54, 1.807) is 7.11 Å². The first-order chi connectivity index (χ1) is 8.38. The Bertz CT molecular complexity index is 539. The Morgan fingerprint density at radius 1 is 1.00 bits per heavy atom. The Hall–Kier alpha value is -2.00. The zero-order valence-electron chi connectivity index (χ0n) is 9.51. The van der Waals surface area contributed by atoms with E-state index in [2.05, 4.69) is 5.32 Å². The second-order valence-electron chi connectivity index (χ2n) is 3.89. The van der Waals surface area contributed by atoms with Gasteiger partial charge in [-0.25, -0.2) is 0 Å². The molecule has 1 aliphatic heterocycles. The Balaban J connectivity index is 2.13. The van der Waals surface area contributed by atoms with Gasteiger partial charge in [-0.3, -0.25) is 0 Å². The predicted octanol–water partition coefficient (Wildman–Crippen LogP) is 3.47. The summed E-state index contributed by atoms with van der Waals surface area (Å²) in [5.74, 6) is 0.801. The first-order valence-corrected chi connectivity index (χ1v) is 5.53. The van der Waals surface area contributed by atoms with Gasteiger partial charge in [-0.05, 0) is 18.2 Å². The van der Waals surface area contributed by atoms with Gasteiger partial charge < -0.3 is 14.8 Å². The van der Waals surface area contributed by atoms with E-state index < -0.39 is 0 Å². The molecule has 0 saturated heterocycles. The van der Waals surface area contributed by atoms with E-state index in [1.165, 1.54) is 0 Å².